The van der Waals surface area contributed by atoms with E-state index in [2.05, 4.69) is 0 Å². The summed E-state index contributed by atoms with van der Waals surface area (Å²) < 4.78 is 26.1. The van der Waals surface area contributed by atoms with Crippen molar-refractivity contribution in [3.05, 3.63) is 35.4 Å². The number of hydrogen-bond acceptors (Lipinski definition) is 2. The average molecular weight is 297 g/mol. The summed E-state index contributed by atoms with van der Waals surface area (Å²) in [5.41, 5.74) is 0.445. The van der Waals surface area contributed by atoms with Crippen molar-refractivity contribution in [1.29, 1.82) is 0 Å². The van der Waals surface area contributed by atoms with Crippen LogP contribution in [0.25, 0.3) is 0 Å². The molecule has 6 heteroatoms. The molecule has 1 saturated carbocycles. The number of amides is 1. The molecule has 1 amide bonds. The van der Waals surface area contributed by atoms with Gasteiger partial charge in [0, 0.05) is 19.0 Å². The van der Waals surface area contributed by atoms with Gasteiger partial charge in [0.15, 0.2) is 11.6 Å². The SMILES string of the molecule is C[C@H]1C[C@H]1C(=O)N(CCC(=O)O)Cc1ccc(F)c(F)c1. The maximum absolute atomic E-state index is 13.2. The Morgan fingerprint density at radius 1 is 1.33 bits per heavy atom. The fraction of sp³-hybridized carbons (Fsp3) is 0.467. The normalized spacial score (nSPS) is 20.1. The number of carboxylic acids is 1. The lowest BCUT2D eigenvalue weighted by molar-refractivity contribution is -0.139. The van der Waals surface area contributed by atoms with E-state index in [0.29, 0.717) is 11.5 Å². The third-order valence-corrected chi connectivity index (χ3v) is 3.69. The third-order valence-electron chi connectivity index (χ3n) is 3.69. The Balaban J connectivity index is 2.08. The second-order valence-electron chi connectivity index (χ2n) is 5.47. The molecular weight excluding hydrogens is 280 g/mol. The van der Waals surface area contributed by atoms with E-state index in [0.717, 1.165) is 18.6 Å². The maximum Gasteiger partial charge on any atom is 0.305 e. The summed E-state index contributed by atoms with van der Waals surface area (Å²) in [5.74, 6) is -2.81. The monoisotopic (exact) mass is 297 g/mol. The molecule has 1 aromatic rings. The minimum atomic E-state index is -0.998. The molecule has 0 radical (unpaired) electrons. The zero-order chi connectivity index (χ0) is 15.6. The lowest BCUT2D eigenvalue weighted by atomic mass is 10.1. The van der Waals surface area contributed by atoms with E-state index >= 15 is 0 Å². The van der Waals surface area contributed by atoms with E-state index in [1.807, 2.05) is 6.92 Å². The van der Waals surface area contributed by atoms with Crippen molar-refractivity contribution in [2.75, 3.05) is 6.54 Å². The Kier molecular flexibility index (Phi) is 4.55. The quantitative estimate of drug-likeness (QED) is 0.877. The summed E-state index contributed by atoms with van der Waals surface area (Å²) in [5, 5.41) is 8.75. The number of carboxylic acid groups (broad SMARTS) is 1. The average Bonchev–Trinajstić information content (AvgIpc) is 3.14. The van der Waals surface area contributed by atoms with Crippen LogP contribution in [0, 0.1) is 23.5 Å². The summed E-state index contributed by atoms with van der Waals surface area (Å²) in [7, 11) is 0. The third kappa shape index (κ3) is 4.00. The van der Waals surface area contributed by atoms with Crippen molar-refractivity contribution in [2.45, 2.75) is 26.3 Å². The summed E-state index contributed by atoms with van der Waals surface area (Å²) in [4.78, 5) is 24.3. The molecule has 0 saturated heterocycles. The number of halogens is 2. The molecule has 0 spiro atoms. The van der Waals surface area contributed by atoms with Gasteiger partial charge in [-0.3, -0.25) is 9.59 Å². The predicted octanol–water partition coefficient (Wildman–Crippen LogP) is 2.42. The second kappa shape index (κ2) is 6.20. The maximum atomic E-state index is 13.2. The largest absolute Gasteiger partial charge is 0.481 e. The number of aliphatic carboxylic acids is 1. The van der Waals surface area contributed by atoms with E-state index < -0.39 is 17.6 Å². The molecule has 1 aliphatic rings. The van der Waals surface area contributed by atoms with Crippen LogP contribution in [-0.4, -0.2) is 28.4 Å². The Hall–Kier alpha value is -1.98. The van der Waals surface area contributed by atoms with Crippen LogP contribution in [0.2, 0.25) is 0 Å². The smallest absolute Gasteiger partial charge is 0.305 e. The van der Waals surface area contributed by atoms with Gasteiger partial charge in [0.05, 0.1) is 6.42 Å². The highest BCUT2D eigenvalue weighted by Gasteiger charge is 2.41. The molecule has 0 aromatic heterocycles. The van der Waals surface area contributed by atoms with Gasteiger partial charge in [-0.15, -0.1) is 0 Å². The first-order valence-electron chi connectivity index (χ1n) is 6.83. The molecule has 1 N–H and O–H groups in total. The van der Waals surface area contributed by atoms with Gasteiger partial charge in [-0.1, -0.05) is 13.0 Å². The summed E-state index contributed by atoms with van der Waals surface area (Å²) in [6.45, 7) is 2.11. The van der Waals surface area contributed by atoms with E-state index in [-0.39, 0.29) is 31.3 Å². The topological polar surface area (TPSA) is 57.6 Å². The second-order valence-corrected chi connectivity index (χ2v) is 5.47. The molecule has 1 aliphatic carbocycles. The first-order valence-corrected chi connectivity index (χ1v) is 6.83. The fourth-order valence-corrected chi connectivity index (χ4v) is 2.26. The minimum absolute atomic E-state index is 0.0659. The number of rotatable bonds is 6. The van der Waals surface area contributed by atoms with Crippen LogP contribution >= 0.6 is 0 Å². The molecule has 0 bridgehead atoms. The van der Waals surface area contributed by atoms with E-state index in [1.165, 1.54) is 11.0 Å². The minimum Gasteiger partial charge on any atom is -0.481 e. The number of hydrogen-bond donors (Lipinski definition) is 1. The van der Waals surface area contributed by atoms with Crippen LogP contribution in [0.15, 0.2) is 18.2 Å². The first-order chi connectivity index (χ1) is 9.88. The molecule has 114 valence electrons. The molecule has 2 rings (SSSR count). The standard InChI is InChI=1S/C15H17F2NO3/c1-9-6-11(9)15(21)18(5-4-14(19)20)8-10-2-3-12(16)13(17)7-10/h2-3,7,9,11H,4-6,8H2,1H3,(H,19,20)/t9-,11+/m0/s1. The molecule has 0 unspecified atom stereocenters. The Morgan fingerprint density at radius 2 is 2.00 bits per heavy atom. The zero-order valence-electron chi connectivity index (χ0n) is 11.7. The van der Waals surface area contributed by atoms with Gasteiger partial charge in [-0.2, -0.15) is 0 Å². The predicted molar refractivity (Wildman–Crippen MR) is 71.3 cm³/mol. The van der Waals surface area contributed by atoms with Gasteiger partial charge >= 0.3 is 5.97 Å². The van der Waals surface area contributed by atoms with Crippen molar-refractivity contribution in [1.82, 2.24) is 4.90 Å². The first kappa shape index (κ1) is 15.4. The van der Waals surface area contributed by atoms with E-state index in [9.17, 15) is 18.4 Å². The van der Waals surface area contributed by atoms with Crippen molar-refractivity contribution < 1.29 is 23.5 Å². The zero-order valence-corrected chi connectivity index (χ0v) is 11.7. The highest BCUT2D eigenvalue weighted by molar-refractivity contribution is 5.82. The van der Waals surface area contributed by atoms with Crippen LogP contribution in [0.5, 0.6) is 0 Å². The summed E-state index contributed by atoms with van der Waals surface area (Å²) in [6.07, 6.45) is 0.622. The molecule has 2 atom stereocenters. The van der Waals surface area contributed by atoms with Crippen LogP contribution in [0.4, 0.5) is 8.78 Å². The van der Waals surface area contributed by atoms with Gasteiger partial charge in [0.25, 0.3) is 0 Å². The van der Waals surface area contributed by atoms with Gasteiger partial charge in [-0.05, 0) is 30.0 Å². The van der Waals surface area contributed by atoms with Gasteiger partial charge in [-0.25, -0.2) is 8.78 Å². The molecule has 4 nitrogen and oxygen atoms in total. The summed E-state index contributed by atoms with van der Waals surface area (Å²) in [6, 6.07) is 3.44. The van der Waals surface area contributed by atoms with Crippen LogP contribution in [0.3, 0.4) is 0 Å². The number of carbonyl (C=O) groups is 2. The number of nitrogens with zero attached hydrogens (tertiary/aromatic N) is 1. The Bertz CT molecular complexity index is 562. The van der Waals surface area contributed by atoms with Crippen LogP contribution in [0.1, 0.15) is 25.3 Å². The van der Waals surface area contributed by atoms with Gasteiger partial charge in [0.1, 0.15) is 0 Å². The lowest BCUT2D eigenvalue weighted by Crippen LogP contribution is -2.34. The van der Waals surface area contributed by atoms with Gasteiger partial charge in [0.2, 0.25) is 5.91 Å². The van der Waals surface area contributed by atoms with Crippen molar-refractivity contribution in [2.24, 2.45) is 11.8 Å². The van der Waals surface area contributed by atoms with Crippen LogP contribution < -0.4 is 0 Å². The number of benzene rings is 1. The Labute approximate surface area is 121 Å². The molecule has 0 aliphatic heterocycles. The fourth-order valence-electron chi connectivity index (χ4n) is 2.26. The molecule has 0 heterocycles. The van der Waals surface area contributed by atoms with E-state index in [1.54, 1.807) is 0 Å². The Morgan fingerprint density at radius 3 is 2.52 bits per heavy atom. The van der Waals surface area contributed by atoms with Gasteiger partial charge < -0.3 is 10.0 Å². The van der Waals surface area contributed by atoms with E-state index in [4.69, 9.17) is 5.11 Å². The molecule has 1 fully saturated rings. The molecular formula is C15H17F2NO3. The molecule has 1 aromatic carbocycles. The summed E-state index contributed by atoms with van der Waals surface area (Å²) >= 11 is 0. The highest BCUT2D eigenvalue weighted by atomic mass is 19.2. The highest BCUT2D eigenvalue weighted by Crippen LogP contribution is 2.39. The molecule has 21 heavy (non-hydrogen) atoms. The van der Waals surface area contributed by atoms with Crippen molar-refractivity contribution in [3.63, 3.8) is 0 Å². The number of carbonyl (C=O) groups excluding carboxylic acids is 1. The van der Waals surface area contributed by atoms with Crippen LogP contribution in [-0.2, 0) is 16.1 Å². The van der Waals surface area contributed by atoms with Crippen molar-refractivity contribution in [3.8, 4) is 0 Å². The lowest BCUT2D eigenvalue weighted by Gasteiger charge is -2.22. The van der Waals surface area contributed by atoms with Crippen molar-refractivity contribution >= 4 is 11.9 Å².